The van der Waals surface area contributed by atoms with Gasteiger partial charge in [0.2, 0.25) is 5.69 Å². The molecule has 3 heteroatoms. The molecule has 1 atom stereocenters. The van der Waals surface area contributed by atoms with Crippen LogP contribution >= 0.6 is 0 Å². The number of rotatable bonds is 2. The second-order valence-corrected chi connectivity index (χ2v) is 6.80. The predicted octanol–water partition coefficient (Wildman–Crippen LogP) is 3.27. The lowest BCUT2D eigenvalue weighted by Gasteiger charge is -2.42. The van der Waals surface area contributed by atoms with Crippen molar-refractivity contribution in [3.63, 3.8) is 0 Å². The fourth-order valence-electron chi connectivity index (χ4n) is 3.60. The zero-order valence-corrected chi connectivity index (χ0v) is 14.3. The number of hydrogen-bond acceptors (Lipinski definition) is 2. The summed E-state index contributed by atoms with van der Waals surface area (Å²) in [5.74, 6) is 0. The minimum absolute atomic E-state index is 0.0881. The topological polar surface area (TPSA) is 16.4 Å². The predicted molar refractivity (Wildman–Crippen MR) is 89.9 cm³/mol. The molecule has 0 radical (unpaired) electrons. The molecule has 3 rings (SSSR count). The van der Waals surface area contributed by atoms with Crippen LogP contribution in [-0.4, -0.2) is 19.9 Å². The van der Waals surface area contributed by atoms with Gasteiger partial charge in [0.25, 0.3) is 0 Å². The SMILES string of the molecule is COC1(C)N(C)c2ccc(-c3cccc[n+]3C)cc2C1(C)C. The average molecular weight is 297 g/mol. The maximum absolute atomic E-state index is 5.90. The first kappa shape index (κ1) is 15.0. The van der Waals surface area contributed by atoms with Gasteiger partial charge in [-0.1, -0.05) is 13.8 Å². The van der Waals surface area contributed by atoms with Crippen molar-refractivity contribution in [2.45, 2.75) is 31.9 Å². The van der Waals surface area contributed by atoms with Gasteiger partial charge in [-0.05, 0) is 36.8 Å². The number of aryl methyl sites for hydroxylation is 1. The summed E-state index contributed by atoms with van der Waals surface area (Å²) in [5, 5.41) is 0. The van der Waals surface area contributed by atoms with Gasteiger partial charge in [0.15, 0.2) is 6.20 Å². The lowest BCUT2D eigenvalue weighted by molar-refractivity contribution is -0.660. The maximum atomic E-state index is 5.90. The number of methoxy groups -OCH3 is 1. The Hall–Kier alpha value is -1.87. The summed E-state index contributed by atoms with van der Waals surface area (Å²) in [6.45, 7) is 6.68. The second kappa shape index (κ2) is 4.82. The van der Waals surface area contributed by atoms with Crippen LogP contribution in [0, 0.1) is 0 Å². The molecule has 0 spiro atoms. The summed E-state index contributed by atoms with van der Waals surface area (Å²) in [6, 6.07) is 13.0. The van der Waals surface area contributed by atoms with E-state index >= 15 is 0 Å². The third-order valence-electron chi connectivity index (χ3n) is 5.58. The van der Waals surface area contributed by atoms with Crippen LogP contribution in [0.3, 0.4) is 0 Å². The third kappa shape index (κ3) is 1.82. The molecule has 116 valence electrons. The number of benzene rings is 1. The zero-order valence-electron chi connectivity index (χ0n) is 14.3. The summed E-state index contributed by atoms with van der Waals surface area (Å²) < 4.78 is 8.05. The fourth-order valence-corrected chi connectivity index (χ4v) is 3.60. The number of aromatic nitrogens is 1. The van der Waals surface area contributed by atoms with Gasteiger partial charge in [-0.15, -0.1) is 0 Å². The highest BCUT2D eigenvalue weighted by Crippen LogP contribution is 2.51. The van der Waals surface area contributed by atoms with Crippen molar-refractivity contribution in [1.82, 2.24) is 0 Å². The normalized spacial score (nSPS) is 22.7. The first-order chi connectivity index (χ1) is 10.3. The Labute approximate surface area is 133 Å². The molecule has 2 aromatic rings. The quantitative estimate of drug-likeness (QED) is 0.791. The number of hydrogen-bond donors (Lipinski definition) is 0. The molecule has 0 amide bonds. The molecule has 0 bridgehead atoms. The number of anilines is 1. The van der Waals surface area contributed by atoms with Gasteiger partial charge >= 0.3 is 0 Å². The van der Waals surface area contributed by atoms with Gasteiger partial charge in [-0.3, -0.25) is 0 Å². The van der Waals surface area contributed by atoms with E-state index in [1.165, 1.54) is 22.5 Å². The Bertz CT molecular complexity index is 723. The molecular weight excluding hydrogens is 272 g/mol. The van der Waals surface area contributed by atoms with E-state index in [1.54, 1.807) is 7.11 Å². The van der Waals surface area contributed by atoms with Gasteiger partial charge in [0.05, 0.1) is 0 Å². The Kier molecular flexibility index (Phi) is 3.29. The average Bonchev–Trinajstić information content (AvgIpc) is 2.66. The van der Waals surface area contributed by atoms with E-state index in [2.05, 4.69) is 86.9 Å². The van der Waals surface area contributed by atoms with E-state index in [9.17, 15) is 0 Å². The van der Waals surface area contributed by atoms with Crippen molar-refractivity contribution in [3.05, 3.63) is 48.2 Å². The van der Waals surface area contributed by atoms with E-state index in [0.29, 0.717) is 0 Å². The van der Waals surface area contributed by atoms with Gasteiger partial charge in [-0.2, -0.15) is 0 Å². The molecule has 1 aromatic heterocycles. The Morgan fingerprint density at radius 3 is 2.45 bits per heavy atom. The number of nitrogens with zero attached hydrogens (tertiary/aromatic N) is 2. The third-order valence-corrected chi connectivity index (χ3v) is 5.58. The molecule has 0 N–H and O–H groups in total. The maximum Gasteiger partial charge on any atom is 0.212 e. The van der Waals surface area contributed by atoms with Crippen LogP contribution in [0.5, 0.6) is 0 Å². The van der Waals surface area contributed by atoms with Crippen molar-refractivity contribution < 1.29 is 9.30 Å². The Morgan fingerprint density at radius 1 is 1.09 bits per heavy atom. The summed E-state index contributed by atoms with van der Waals surface area (Å²) >= 11 is 0. The minimum Gasteiger partial charge on any atom is -0.358 e. The summed E-state index contributed by atoms with van der Waals surface area (Å²) in [4.78, 5) is 2.25. The highest BCUT2D eigenvalue weighted by molar-refractivity contribution is 5.71. The molecule has 1 aliphatic rings. The van der Waals surface area contributed by atoms with Crippen LogP contribution < -0.4 is 9.47 Å². The smallest absolute Gasteiger partial charge is 0.212 e. The largest absolute Gasteiger partial charge is 0.358 e. The first-order valence-corrected chi connectivity index (χ1v) is 7.71. The molecular formula is C19H25N2O+. The number of likely N-dealkylation sites (N-methyl/N-ethyl adjacent to an activating group) is 1. The molecule has 0 saturated heterocycles. The van der Waals surface area contributed by atoms with Crippen molar-refractivity contribution in [2.75, 3.05) is 19.1 Å². The summed E-state index contributed by atoms with van der Waals surface area (Å²) in [5.41, 5.74) is 4.61. The van der Waals surface area contributed by atoms with Crippen LogP contribution in [-0.2, 0) is 17.2 Å². The Morgan fingerprint density at radius 2 is 1.82 bits per heavy atom. The number of pyridine rings is 1. The molecule has 1 unspecified atom stereocenters. The molecule has 3 nitrogen and oxygen atoms in total. The molecule has 0 aliphatic carbocycles. The van der Waals surface area contributed by atoms with Crippen LogP contribution in [0.4, 0.5) is 5.69 Å². The van der Waals surface area contributed by atoms with Gasteiger partial charge in [0, 0.05) is 43.0 Å². The minimum atomic E-state index is -0.340. The lowest BCUT2D eigenvalue weighted by atomic mass is 9.78. The van der Waals surface area contributed by atoms with E-state index < -0.39 is 0 Å². The van der Waals surface area contributed by atoms with E-state index in [1.807, 2.05) is 0 Å². The van der Waals surface area contributed by atoms with Crippen molar-refractivity contribution in [3.8, 4) is 11.3 Å². The van der Waals surface area contributed by atoms with Crippen molar-refractivity contribution in [1.29, 1.82) is 0 Å². The number of ether oxygens (including phenoxy) is 1. The Balaban J connectivity index is 2.18. The number of fused-ring (bicyclic) bond motifs is 1. The van der Waals surface area contributed by atoms with Gasteiger partial charge in [-0.25, -0.2) is 4.57 Å². The van der Waals surface area contributed by atoms with E-state index in [-0.39, 0.29) is 11.1 Å². The van der Waals surface area contributed by atoms with Crippen molar-refractivity contribution in [2.24, 2.45) is 7.05 Å². The van der Waals surface area contributed by atoms with Crippen LogP contribution in [0.1, 0.15) is 26.3 Å². The molecule has 2 heterocycles. The monoisotopic (exact) mass is 297 g/mol. The molecule has 22 heavy (non-hydrogen) atoms. The van der Waals surface area contributed by atoms with Gasteiger partial charge in [0.1, 0.15) is 12.8 Å². The van der Waals surface area contributed by atoms with E-state index in [0.717, 1.165) is 0 Å². The first-order valence-electron chi connectivity index (χ1n) is 7.71. The molecule has 0 fully saturated rings. The van der Waals surface area contributed by atoms with Gasteiger partial charge < -0.3 is 9.64 Å². The fraction of sp³-hybridized carbons (Fsp3) is 0.421. The lowest BCUT2D eigenvalue weighted by Crippen LogP contribution is -2.53. The van der Waals surface area contributed by atoms with Crippen LogP contribution in [0.2, 0.25) is 0 Å². The summed E-state index contributed by atoms with van der Waals surface area (Å²) in [6.07, 6.45) is 2.08. The molecule has 0 saturated carbocycles. The summed E-state index contributed by atoms with van der Waals surface area (Å²) in [7, 11) is 5.99. The van der Waals surface area contributed by atoms with E-state index in [4.69, 9.17) is 4.74 Å². The van der Waals surface area contributed by atoms with Crippen molar-refractivity contribution >= 4 is 5.69 Å². The van der Waals surface area contributed by atoms with Crippen LogP contribution in [0.25, 0.3) is 11.3 Å². The van der Waals surface area contributed by atoms with Crippen LogP contribution in [0.15, 0.2) is 42.6 Å². The zero-order chi connectivity index (χ0) is 16.1. The molecule has 1 aliphatic heterocycles. The molecule has 1 aromatic carbocycles. The second-order valence-electron chi connectivity index (χ2n) is 6.80. The highest BCUT2D eigenvalue weighted by atomic mass is 16.5. The highest BCUT2D eigenvalue weighted by Gasteiger charge is 2.53. The standard InChI is InChI=1S/C19H25N2O/c1-18(2)15-13-14(16-9-7-8-12-20(16)4)10-11-17(15)21(5)19(18,3)22-6/h7-13H,1-6H3/q+1.